The number of benzene rings is 2. The van der Waals surface area contributed by atoms with Crippen LogP contribution in [0.3, 0.4) is 0 Å². The van der Waals surface area contributed by atoms with E-state index < -0.39 is 17.7 Å². The lowest BCUT2D eigenvalue weighted by atomic mass is 10.0. The number of aliphatic carboxylic acids is 1. The van der Waals surface area contributed by atoms with E-state index in [9.17, 15) is 9.59 Å². The molecule has 0 bridgehead atoms. The standard InChI is InChI=1S/C23H29NO5/c1-4-8-19(24-22(27)28-16-18-9-6-5-7-10-18)15-17-11-13-20(14-12-17)29-23(2,3)21(25)26/h5-7,9-14,19H,4,8,15-16H2,1-3H3,(H,24,27)(H,25,26). The van der Waals surface area contributed by atoms with E-state index in [2.05, 4.69) is 12.2 Å². The number of carboxylic acids is 1. The average molecular weight is 399 g/mol. The van der Waals surface area contributed by atoms with Gasteiger partial charge in [0.15, 0.2) is 5.60 Å². The summed E-state index contributed by atoms with van der Waals surface area (Å²) in [6, 6.07) is 16.7. The van der Waals surface area contributed by atoms with E-state index in [4.69, 9.17) is 14.6 Å². The molecule has 29 heavy (non-hydrogen) atoms. The number of hydrogen-bond acceptors (Lipinski definition) is 4. The van der Waals surface area contributed by atoms with Gasteiger partial charge in [0.1, 0.15) is 12.4 Å². The molecule has 0 saturated carbocycles. The van der Waals surface area contributed by atoms with Crippen molar-refractivity contribution in [2.75, 3.05) is 0 Å². The Labute approximate surface area is 171 Å². The Hall–Kier alpha value is -3.02. The number of alkyl carbamates (subject to hydrolysis) is 1. The van der Waals surface area contributed by atoms with Crippen LogP contribution < -0.4 is 10.1 Å². The fourth-order valence-electron chi connectivity index (χ4n) is 2.82. The molecule has 0 aromatic heterocycles. The molecule has 1 atom stereocenters. The van der Waals surface area contributed by atoms with Crippen molar-refractivity contribution < 1.29 is 24.2 Å². The van der Waals surface area contributed by atoms with Crippen LogP contribution in [0.15, 0.2) is 54.6 Å². The Kier molecular flexibility index (Phi) is 8.07. The third-order valence-electron chi connectivity index (χ3n) is 4.47. The van der Waals surface area contributed by atoms with Gasteiger partial charge in [-0.3, -0.25) is 0 Å². The summed E-state index contributed by atoms with van der Waals surface area (Å²) < 4.78 is 10.8. The number of nitrogens with one attached hydrogen (secondary N) is 1. The van der Waals surface area contributed by atoms with Crippen molar-refractivity contribution in [3.63, 3.8) is 0 Å². The summed E-state index contributed by atoms with van der Waals surface area (Å²) in [6.45, 7) is 5.31. The average Bonchev–Trinajstić information content (AvgIpc) is 2.68. The summed E-state index contributed by atoms with van der Waals surface area (Å²) in [5.41, 5.74) is 0.665. The Morgan fingerprint density at radius 3 is 2.28 bits per heavy atom. The molecule has 2 aromatic carbocycles. The molecule has 0 spiro atoms. The number of carbonyl (C=O) groups excluding carboxylic acids is 1. The van der Waals surface area contributed by atoms with Crippen molar-refractivity contribution in [2.45, 2.75) is 58.3 Å². The Morgan fingerprint density at radius 2 is 1.69 bits per heavy atom. The van der Waals surface area contributed by atoms with Gasteiger partial charge in [0.25, 0.3) is 0 Å². The maximum atomic E-state index is 12.2. The molecule has 1 amide bonds. The molecule has 6 nitrogen and oxygen atoms in total. The van der Waals surface area contributed by atoms with Crippen molar-refractivity contribution in [3.05, 3.63) is 65.7 Å². The van der Waals surface area contributed by atoms with E-state index in [-0.39, 0.29) is 12.6 Å². The van der Waals surface area contributed by atoms with Gasteiger partial charge in [-0.25, -0.2) is 9.59 Å². The first-order chi connectivity index (χ1) is 13.8. The van der Waals surface area contributed by atoms with Gasteiger partial charge in [0.2, 0.25) is 0 Å². The minimum absolute atomic E-state index is 0.0505. The van der Waals surface area contributed by atoms with Gasteiger partial charge in [-0.05, 0) is 49.9 Å². The van der Waals surface area contributed by atoms with Crippen molar-refractivity contribution in [1.82, 2.24) is 5.32 Å². The second kappa shape index (κ2) is 10.5. The molecule has 2 aromatic rings. The van der Waals surface area contributed by atoms with Crippen molar-refractivity contribution in [1.29, 1.82) is 0 Å². The van der Waals surface area contributed by atoms with E-state index in [1.54, 1.807) is 12.1 Å². The van der Waals surface area contributed by atoms with Crippen LogP contribution in [0.4, 0.5) is 4.79 Å². The van der Waals surface area contributed by atoms with Crippen LogP contribution in [0, 0.1) is 0 Å². The van der Waals surface area contributed by atoms with E-state index in [1.807, 2.05) is 42.5 Å². The largest absolute Gasteiger partial charge is 0.478 e. The van der Waals surface area contributed by atoms with Crippen LogP contribution in [-0.4, -0.2) is 28.8 Å². The van der Waals surface area contributed by atoms with Crippen LogP contribution in [0.2, 0.25) is 0 Å². The molecule has 0 heterocycles. The summed E-state index contributed by atoms with van der Waals surface area (Å²) in [6.07, 6.45) is 1.97. The monoisotopic (exact) mass is 399 g/mol. The second-order valence-electron chi connectivity index (χ2n) is 7.46. The fourth-order valence-corrected chi connectivity index (χ4v) is 2.82. The van der Waals surface area contributed by atoms with Crippen LogP contribution >= 0.6 is 0 Å². The van der Waals surface area contributed by atoms with Gasteiger partial charge in [-0.15, -0.1) is 0 Å². The number of carboxylic acid groups (broad SMARTS) is 1. The summed E-state index contributed by atoms with van der Waals surface area (Å²) in [4.78, 5) is 23.3. The van der Waals surface area contributed by atoms with E-state index >= 15 is 0 Å². The molecule has 0 aliphatic carbocycles. The Balaban J connectivity index is 1.90. The summed E-state index contributed by atoms with van der Waals surface area (Å²) in [7, 11) is 0. The maximum Gasteiger partial charge on any atom is 0.407 e. The number of hydrogen-bond donors (Lipinski definition) is 2. The highest BCUT2D eigenvalue weighted by Crippen LogP contribution is 2.20. The topological polar surface area (TPSA) is 84.9 Å². The SMILES string of the molecule is CCCC(Cc1ccc(OC(C)(C)C(=O)O)cc1)NC(=O)OCc1ccccc1. The second-order valence-corrected chi connectivity index (χ2v) is 7.46. The smallest absolute Gasteiger partial charge is 0.407 e. The van der Waals surface area contributed by atoms with Gasteiger partial charge in [-0.1, -0.05) is 55.8 Å². The van der Waals surface area contributed by atoms with E-state index in [1.165, 1.54) is 13.8 Å². The fraction of sp³-hybridized carbons (Fsp3) is 0.391. The highest BCUT2D eigenvalue weighted by atomic mass is 16.5. The normalized spacial score (nSPS) is 12.1. The highest BCUT2D eigenvalue weighted by Gasteiger charge is 2.29. The number of amides is 1. The van der Waals surface area contributed by atoms with Crippen LogP contribution in [-0.2, 0) is 22.6 Å². The molecular weight excluding hydrogens is 370 g/mol. The van der Waals surface area contributed by atoms with Gasteiger partial charge in [0, 0.05) is 6.04 Å². The molecule has 156 valence electrons. The predicted molar refractivity (Wildman–Crippen MR) is 111 cm³/mol. The zero-order valence-electron chi connectivity index (χ0n) is 17.2. The van der Waals surface area contributed by atoms with Crippen LogP contribution in [0.1, 0.15) is 44.7 Å². The lowest BCUT2D eigenvalue weighted by molar-refractivity contribution is -0.152. The molecule has 0 saturated heterocycles. The van der Waals surface area contributed by atoms with Crippen molar-refractivity contribution in [3.8, 4) is 5.75 Å². The molecule has 0 aliphatic heterocycles. The third-order valence-corrected chi connectivity index (χ3v) is 4.47. The third kappa shape index (κ3) is 7.49. The van der Waals surface area contributed by atoms with Crippen molar-refractivity contribution in [2.24, 2.45) is 0 Å². The molecule has 0 radical (unpaired) electrons. The predicted octanol–water partition coefficient (Wildman–Crippen LogP) is 4.57. The first-order valence-corrected chi connectivity index (χ1v) is 9.78. The molecule has 1 unspecified atom stereocenters. The summed E-state index contributed by atoms with van der Waals surface area (Å²) >= 11 is 0. The zero-order valence-corrected chi connectivity index (χ0v) is 17.2. The van der Waals surface area contributed by atoms with E-state index in [0.29, 0.717) is 12.2 Å². The van der Waals surface area contributed by atoms with Gasteiger partial charge in [0.05, 0.1) is 0 Å². The minimum Gasteiger partial charge on any atom is -0.478 e. The molecule has 2 N–H and O–H groups in total. The number of rotatable bonds is 10. The maximum absolute atomic E-state index is 12.2. The summed E-state index contributed by atoms with van der Waals surface area (Å²) in [5.74, 6) is -0.536. The Morgan fingerprint density at radius 1 is 1.03 bits per heavy atom. The number of ether oxygens (including phenoxy) is 2. The van der Waals surface area contributed by atoms with Gasteiger partial charge < -0.3 is 19.9 Å². The lowest BCUT2D eigenvalue weighted by Crippen LogP contribution is -2.38. The minimum atomic E-state index is -1.30. The van der Waals surface area contributed by atoms with Crippen LogP contribution in [0.25, 0.3) is 0 Å². The highest BCUT2D eigenvalue weighted by molar-refractivity contribution is 5.76. The lowest BCUT2D eigenvalue weighted by Gasteiger charge is -2.22. The molecular formula is C23H29NO5. The molecule has 0 fully saturated rings. The molecule has 2 rings (SSSR count). The molecule has 0 aliphatic rings. The van der Waals surface area contributed by atoms with Gasteiger partial charge in [-0.2, -0.15) is 0 Å². The molecule has 6 heteroatoms. The quantitative estimate of drug-likeness (QED) is 0.611. The Bertz CT molecular complexity index is 787. The summed E-state index contributed by atoms with van der Waals surface area (Å²) in [5, 5.41) is 12.1. The first-order valence-electron chi connectivity index (χ1n) is 9.78. The first kappa shape index (κ1) is 22.3. The zero-order chi connectivity index (χ0) is 21.3. The van der Waals surface area contributed by atoms with Crippen LogP contribution in [0.5, 0.6) is 5.75 Å². The van der Waals surface area contributed by atoms with Crippen molar-refractivity contribution >= 4 is 12.1 Å². The van der Waals surface area contributed by atoms with E-state index in [0.717, 1.165) is 24.0 Å². The number of carbonyl (C=O) groups is 2. The van der Waals surface area contributed by atoms with Gasteiger partial charge >= 0.3 is 12.1 Å².